The third kappa shape index (κ3) is 2.26. The van der Waals surface area contributed by atoms with Gasteiger partial charge in [0.05, 0.1) is 0 Å². The van der Waals surface area contributed by atoms with Crippen LogP contribution in [0.2, 0.25) is 0 Å². The van der Waals surface area contributed by atoms with Crippen LogP contribution in [0.15, 0.2) is 42.5 Å². The van der Waals surface area contributed by atoms with Gasteiger partial charge >= 0.3 is 0 Å². The molecular formula is C17H18Bi. The summed E-state index contributed by atoms with van der Waals surface area (Å²) in [6.07, 6.45) is 1.09. The Kier molecular flexibility index (Phi) is 3.65. The molecule has 91 valence electrons. The van der Waals surface area contributed by atoms with Gasteiger partial charge in [0.15, 0.2) is 0 Å². The summed E-state index contributed by atoms with van der Waals surface area (Å²) in [6, 6.07) is 15.7. The largest absolute Gasteiger partial charge is 0.0619 e. The maximum atomic E-state index is 2.38. The first kappa shape index (κ1) is 13.7. The molecule has 1 heteroatoms. The first-order chi connectivity index (χ1) is 8.05. The van der Waals surface area contributed by atoms with E-state index in [4.69, 9.17) is 0 Å². The Labute approximate surface area is 129 Å². The Morgan fingerprint density at radius 3 is 2.22 bits per heavy atom. The van der Waals surface area contributed by atoms with Crippen LogP contribution in [-0.4, -0.2) is 26.2 Å². The Morgan fingerprint density at radius 1 is 0.833 bits per heavy atom. The molecule has 0 unspecified atom stereocenters. The molecule has 3 rings (SSSR count). The fourth-order valence-electron chi connectivity index (χ4n) is 2.61. The summed E-state index contributed by atoms with van der Waals surface area (Å²) in [5.41, 5.74) is 7.47. The molecule has 0 amide bonds. The van der Waals surface area contributed by atoms with Crippen LogP contribution in [-0.2, 0) is 11.8 Å². The zero-order chi connectivity index (χ0) is 12.0. The van der Waals surface area contributed by atoms with Crippen LogP contribution in [0, 0.1) is 0 Å². The second-order valence-corrected chi connectivity index (χ2v) is 5.96. The maximum absolute atomic E-state index is 2.38. The third-order valence-corrected chi connectivity index (χ3v) is 3.66. The molecule has 3 radical (unpaired) electrons. The van der Waals surface area contributed by atoms with Gasteiger partial charge in [-0.2, -0.15) is 0 Å². The van der Waals surface area contributed by atoms with Crippen molar-refractivity contribution in [2.45, 2.75) is 32.6 Å². The fraction of sp³-hybridized carbons (Fsp3) is 0.294. The molecule has 0 bridgehead atoms. The molecule has 0 aromatic heterocycles. The monoisotopic (exact) mass is 431 g/mol. The SMILES string of the molecule is CC(C)(C)c1ccc2c(c1)Cc1ccccc1-2.[Bi]. The first-order valence-corrected chi connectivity index (χ1v) is 6.27. The van der Waals surface area contributed by atoms with Crippen LogP contribution >= 0.6 is 0 Å². The van der Waals surface area contributed by atoms with E-state index in [1.54, 1.807) is 0 Å². The predicted molar refractivity (Wildman–Crippen MR) is 79.1 cm³/mol. The van der Waals surface area contributed by atoms with Gasteiger partial charge in [-0.25, -0.2) is 0 Å². The first-order valence-electron chi connectivity index (χ1n) is 6.27. The van der Waals surface area contributed by atoms with Gasteiger partial charge in [-0.15, -0.1) is 0 Å². The summed E-state index contributed by atoms with van der Waals surface area (Å²) in [6.45, 7) is 6.82. The molecule has 0 heterocycles. The van der Waals surface area contributed by atoms with Crippen molar-refractivity contribution in [3.8, 4) is 11.1 Å². The zero-order valence-corrected chi connectivity index (χ0v) is 14.7. The molecule has 0 atom stereocenters. The maximum Gasteiger partial charge on any atom is 0 e. The summed E-state index contributed by atoms with van der Waals surface area (Å²) in [7, 11) is 0. The molecule has 0 saturated heterocycles. The van der Waals surface area contributed by atoms with Gasteiger partial charge < -0.3 is 0 Å². The van der Waals surface area contributed by atoms with Crippen molar-refractivity contribution < 1.29 is 0 Å². The van der Waals surface area contributed by atoms with Crippen LogP contribution < -0.4 is 0 Å². The van der Waals surface area contributed by atoms with Gasteiger partial charge in [-0.1, -0.05) is 63.2 Å². The smallest absolute Gasteiger partial charge is 0 e. The Morgan fingerprint density at radius 2 is 1.50 bits per heavy atom. The normalized spacial score (nSPS) is 12.6. The second-order valence-electron chi connectivity index (χ2n) is 5.96. The van der Waals surface area contributed by atoms with Gasteiger partial charge in [-0.05, 0) is 39.7 Å². The van der Waals surface area contributed by atoms with E-state index in [9.17, 15) is 0 Å². The van der Waals surface area contributed by atoms with E-state index in [1.807, 2.05) is 0 Å². The summed E-state index contributed by atoms with van der Waals surface area (Å²) >= 11 is 0. The van der Waals surface area contributed by atoms with E-state index in [0.29, 0.717) is 0 Å². The van der Waals surface area contributed by atoms with E-state index in [-0.39, 0.29) is 31.6 Å². The van der Waals surface area contributed by atoms with Crippen molar-refractivity contribution in [1.29, 1.82) is 0 Å². The summed E-state index contributed by atoms with van der Waals surface area (Å²) in [5, 5.41) is 0. The summed E-state index contributed by atoms with van der Waals surface area (Å²) in [4.78, 5) is 0. The predicted octanol–water partition coefficient (Wildman–Crippen LogP) is 4.17. The van der Waals surface area contributed by atoms with Crippen molar-refractivity contribution in [3.63, 3.8) is 0 Å². The number of fused-ring (bicyclic) bond motifs is 3. The summed E-state index contributed by atoms with van der Waals surface area (Å²) < 4.78 is 0. The average molecular weight is 431 g/mol. The Hall–Kier alpha value is -0.677. The van der Waals surface area contributed by atoms with Crippen molar-refractivity contribution in [3.05, 3.63) is 59.2 Å². The van der Waals surface area contributed by atoms with Crippen LogP contribution in [0.5, 0.6) is 0 Å². The number of rotatable bonds is 0. The Bertz CT molecular complexity index is 576. The van der Waals surface area contributed by atoms with E-state index < -0.39 is 0 Å². The zero-order valence-electron chi connectivity index (χ0n) is 11.2. The van der Waals surface area contributed by atoms with Crippen molar-refractivity contribution in [1.82, 2.24) is 0 Å². The standard InChI is InChI=1S/C17H18.Bi/c1-17(2,3)14-8-9-16-13(11-14)10-12-6-4-5-7-15(12)16;/h4-9,11H,10H2,1-3H3;. The van der Waals surface area contributed by atoms with Gasteiger partial charge in [0.25, 0.3) is 0 Å². The van der Waals surface area contributed by atoms with Crippen LogP contribution in [0.25, 0.3) is 11.1 Å². The molecule has 0 nitrogen and oxygen atoms in total. The molecule has 1 aliphatic carbocycles. The van der Waals surface area contributed by atoms with Gasteiger partial charge in [0, 0.05) is 26.2 Å². The molecule has 0 spiro atoms. The topological polar surface area (TPSA) is 0 Å². The molecule has 18 heavy (non-hydrogen) atoms. The van der Waals surface area contributed by atoms with Gasteiger partial charge in [0.1, 0.15) is 0 Å². The van der Waals surface area contributed by atoms with E-state index in [0.717, 1.165) is 6.42 Å². The number of benzene rings is 2. The molecule has 2 aromatic rings. The molecule has 0 saturated carbocycles. The molecule has 0 aliphatic heterocycles. The molecule has 2 aromatic carbocycles. The van der Waals surface area contributed by atoms with Crippen molar-refractivity contribution in [2.24, 2.45) is 0 Å². The van der Waals surface area contributed by atoms with E-state index in [2.05, 4.69) is 63.2 Å². The minimum Gasteiger partial charge on any atom is -0.0619 e. The van der Waals surface area contributed by atoms with Gasteiger partial charge in [0.2, 0.25) is 0 Å². The molecule has 1 aliphatic rings. The van der Waals surface area contributed by atoms with Crippen molar-refractivity contribution >= 4 is 26.2 Å². The third-order valence-electron chi connectivity index (χ3n) is 3.66. The molecule has 0 fully saturated rings. The van der Waals surface area contributed by atoms with Crippen LogP contribution in [0.1, 0.15) is 37.5 Å². The minimum atomic E-state index is 0. The summed E-state index contributed by atoms with van der Waals surface area (Å²) in [5.74, 6) is 0. The second kappa shape index (κ2) is 4.78. The van der Waals surface area contributed by atoms with Crippen LogP contribution in [0.3, 0.4) is 0 Å². The number of hydrogen-bond acceptors (Lipinski definition) is 0. The number of hydrogen-bond donors (Lipinski definition) is 0. The average Bonchev–Trinajstić information content (AvgIpc) is 2.65. The molecular weight excluding hydrogens is 413 g/mol. The fourth-order valence-corrected chi connectivity index (χ4v) is 2.61. The molecule has 0 N–H and O–H groups in total. The Balaban J connectivity index is 0.00000120. The minimum absolute atomic E-state index is 0. The van der Waals surface area contributed by atoms with Gasteiger partial charge in [-0.3, -0.25) is 0 Å². The quantitative estimate of drug-likeness (QED) is 0.469. The van der Waals surface area contributed by atoms with Crippen LogP contribution in [0.4, 0.5) is 0 Å². The van der Waals surface area contributed by atoms with E-state index >= 15 is 0 Å². The van der Waals surface area contributed by atoms with Crippen molar-refractivity contribution in [2.75, 3.05) is 0 Å². The van der Waals surface area contributed by atoms with E-state index in [1.165, 1.54) is 27.8 Å².